The predicted molar refractivity (Wildman–Crippen MR) is 67.8 cm³/mol. The van der Waals surface area contributed by atoms with E-state index < -0.39 is 0 Å². The Kier molecular flexibility index (Phi) is 4.12. The van der Waals surface area contributed by atoms with Gasteiger partial charge < -0.3 is 11.1 Å². The number of hydrogen-bond acceptors (Lipinski definition) is 5. The van der Waals surface area contributed by atoms with Crippen LogP contribution in [0.5, 0.6) is 0 Å². The number of rotatable bonds is 4. The summed E-state index contributed by atoms with van der Waals surface area (Å²) in [6, 6.07) is 0.656. The first kappa shape index (κ1) is 11.8. The molecule has 1 aromatic rings. The zero-order valence-corrected chi connectivity index (χ0v) is 10.6. The largest absolute Gasteiger partial charge is 0.356 e. The van der Waals surface area contributed by atoms with Gasteiger partial charge in [-0.3, -0.25) is 0 Å². The van der Waals surface area contributed by atoms with E-state index in [1.54, 1.807) is 0 Å². The third-order valence-corrected chi connectivity index (χ3v) is 3.75. The molecule has 1 heterocycles. The molecular formula is C11H20N4S. The number of nitrogens with zero attached hydrogens (tertiary/aromatic N) is 2. The zero-order valence-electron chi connectivity index (χ0n) is 9.78. The van der Waals surface area contributed by atoms with Crippen molar-refractivity contribution in [2.24, 2.45) is 5.73 Å². The summed E-state index contributed by atoms with van der Waals surface area (Å²) in [4.78, 5) is 4.47. The van der Waals surface area contributed by atoms with Crippen molar-refractivity contribution >= 4 is 16.7 Å². The maximum atomic E-state index is 6.09. The lowest BCUT2D eigenvalue weighted by Crippen LogP contribution is -2.42. The Morgan fingerprint density at radius 1 is 1.44 bits per heavy atom. The van der Waals surface area contributed by atoms with Crippen LogP contribution in [0.25, 0.3) is 0 Å². The lowest BCUT2D eigenvalue weighted by atomic mass is 9.91. The molecule has 1 saturated carbocycles. The molecule has 0 aliphatic heterocycles. The van der Waals surface area contributed by atoms with Gasteiger partial charge in [-0.25, -0.2) is 4.98 Å². The van der Waals surface area contributed by atoms with Crippen molar-refractivity contribution in [2.75, 3.05) is 5.32 Å². The third kappa shape index (κ3) is 2.92. The van der Waals surface area contributed by atoms with Crippen molar-refractivity contribution in [1.82, 2.24) is 9.36 Å². The zero-order chi connectivity index (χ0) is 11.4. The molecule has 1 aliphatic rings. The molecule has 1 aromatic heterocycles. The smallest absolute Gasteiger partial charge is 0.202 e. The fourth-order valence-electron chi connectivity index (χ4n) is 2.14. The van der Waals surface area contributed by atoms with Crippen LogP contribution in [-0.2, 0) is 6.42 Å². The monoisotopic (exact) mass is 240 g/mol. The Balaban J connectivity index is 1.91. The fraction of sp³-hybridized carbons (Fsp3) is 0.818. The number of anilines is 1. The van der Waals surface area contributed by atoms with E-state index in [2.05, 4.69) is 21.6 Å². The molecule has 16 heavy (non-hydrogen) atoms. The van der Waals surface area contributed by atoms with Crippen molar-refractivity contribution in [2.45, 2.75) is 57.5 Å². The second-order valence-corrected chi connectivity index (χ2v) is 5.22. The molecule has 0 amide bonds. The van der Waals surface area contributed by atoms with Crippen molar-refractivity contribution < 1.29 is 0 Å². The summed E-state index contributed by atoms with van der Waals surface area (Å²) in [6.07, 6.45) is 6.87. The molecule has 0 aromatic carbocycles. The standard InChI is InChI=1S/C11H20N4S/c1-2-5-10-14-11(16-15-10)13-9-7-4-3-6-8(9)12/h8-9H,2-7,12H2,1H3,(H,13,14,15). The topological polar surface area (TPSA) is 63.8 Å². The van der Waals surface area contributed by atoms with Crippen LogP contribution in [0.1, 0.15) is 44.9 Å². The molecule has 1 aliphatic carbocycles. The van der Waals surface area contributed by atoms with Gasteiger partial charge in [-0.15, -0.1) is 0 Å². The molecule has 4 nitrogen and oxygen atoms in total. The number of aromatic nitrogens is 2. The highest BCUT2D eigenvalue weighted by atomic mass is 32.1. The minimum absolute atomic E-state index is 0.271. The van der Waals surface area contributed by atoms with E-state index in [0.29, 0.717) is 6.04 Å². The summed E-state index contributed by atoms with van der Waals surface area (Å²) in [7, 11) is 0. The minimum Gasteiger partial charge on any atom is -0.356 e. The van der Waals surface area contributed by atoms with Gasteiger partial charge in [0.25, 0.3) is 0 Å². The molecule has 2 atom stereocenters. The Morgan fingerprint density at radius 3 is 3.00 bits per heavy atom. The first-order valence-corrected chi connectivity index (χ1v) is 6.91. The third-order valence-electron chi connectivity index (χ3n) is 3.07. The predicted octanol–water partition coefficient (Wildman–Crippen LogP) is 2.17. The second-order valence-electron chi connectivity index (χ2n) is 4.46. The average Bonchev–Trinajstić information content (AvgIpc) is 2.70. The fourth-order valence-corrected chi connectivity index (χ4v) is 2.81. The summed E-state index contributed by atoms with van der Waals surface area (Å²) < 4.78 is 4.32. The number of hydrogen-bond donors (Lipinski definition) is 2. The first-order valence-electron chi connectivity index (χ1n) is 6.14. The van der Waals surface area contributed by atoms with Gasteiger partial charge in [-0.05, 0) is 19.3 Å². The Morgan fingerprint density at radius 2 is 2.25 bits per heavy atom. The van der Waals surface area contributed by atoms with Crippen molar-refractivity contribution in [3.63, 3.8) is 0 Å². The summed E-state index contributed by atoms with van der Waals surface area (Å²) in [6.45, 7) is 2.14. The summed E-state index contributed by atoms with van der Waals surface area (Å²) in [5.41, 5.74) is 6.09. The molecule has 0 spiro atoms. The first-order chi connectivity index (χ1) is 7.79. The van der Waals surface area contributed by atoms with Crippen LogP contribution < -0.4 is 11.1 Å². The van der Waals surface area contributed by atoms with Gasteiger partial charge in [-0.1, -0.05) is 19.8 Å². The van der Waals surface area contributed by atoms with Crippen LogP contribution in [0.2, 0.25) is 0 Å². The molecule has 2 unspecified atom stereocenters. The molecule has 3 N–H and O–H groups in total. The summed E-state index contributed by atoms with van der Waals surface area (Å²) in [5, 5.41) is 4.37. The molecule has 5 heteroatoms. The van der Waals surface area contributed by atoms with Gasteiger partial charge in [0.1, 0.15) is 5.82 Å². The van der Waals surface area contributed by atoms with Crippen LogP contribution in [0.15, 0.2) is 0 Å². The van der Waals surface area contributed by atoms with Gasteiger partial charge in [-0.2, -0.15) is 4.37 Å². The van der Waals surface area contributed by atoms with E-state index in [0.717, 1.165) is 36.6 Å². The van der Waals surface area contributed by atoms with Crippen LogP contribution in [0.3, 0.4) is 0 Å². The van der Waals surface area contributed by atoms with Crippen LogP contribution in [0, 0.1) is 0 Å². The Bertz CT molecular complexity index is 326. The molecule has 2 rings (SSSR count). The van der Waals surface area contributed by atoms with Crippen LogP contribution in [-0.4, -0.2) is 21.4 Å². The van der Waals surface area contributed by atoms with Crippen molar-refractivity contribution in [1.29, 1.82) is 0 Å². The molecule has 0 bridgehead atoms. The SMILES string of the molecule is CCCc1nsc(NC2CCCCC2N)n1. The highest BCUT2D eigenvalue weighted by molar-refractivity contribution is 7.09. The highest BCUT2D eigenvalue weighted by Gasteiger charge is 2.22. The number of aryl methyl sites for hydroxylation is 1. The highest BCUT2D eigenvalue weighted by Crippen LogP contribution is 2.22. The number of nitrogens with two attached hydrogens (primary N) is 1. The summed E-state index contributed by atoms with van der Waals surface area (Å²) in [5.74, 6) is 0.958. The van der Waals surface area contributed by atoms with E-state index in [1.165, 1.54) is 24.4 Å². The van der Waals surface area contributed by atoms with Gasteiger partial charge >= 0.3 is 0 Å². The second kappa shape index (κ2) is 5.59. The van der Waals surface area contributed by atoms with Crippen LogP contribution in [0.4, 0.5) is 5.13 Å². The van der Waals surface area contributed by atoms with E-state index in [9.17, 15) is 0 Å². The van der Waals surface area contributed by atoms with Crippen LogP contribution >= 0.6 is 11.5 Å². The Hall–Kier alpha value is -0.680. The van der Waals surface area contributed by atoms with E-state index in [1.807, 2.05) is 0 Å². The van der Waals surface area contributed by atoms with Crippen molar-refractivity contribution in [3.05, 3.63) is 5.82 Å². The van der Waals surface area contributed by atoms with Crippen molar-refractivity contribution in [3.8, 4) is 0 Å². The maximum Gasteiger partial charge on any atom is 0.202 e. The molecule has 0 radical (unpaired) electrons. The minimum atomic E-state index is 0.271. The lowest BCUT2D eigenvalue weighted by Gasteiger charge is -2.28. The summed E-state index contributed by atoms with van der Waals surface area (Å²) >= 11 is 1.46. The van der Waals surface area contributed by atoms with Gasteiger partial charge in [0.15, 0.2) is 0 Å². The van der Waals surface area contributed by atoms with E-state index >= 15 is 0 Å². The quantitative estimate of drug-likeness (QED) is 0.846. The average molecular weight is 240 g/mol. The number of nitrogens with one attached hydrogen (secondary N) is 1. The molecule has 90 valence electrons. The Labute approximate surface area is 101 Å². The van der Waals surface area contributed by atoms with Gasteiger partial charge in [0.2, 0.25) is 5.13 Å². The normalized spacial score (nSPS) is 25.6. The van der Waals surface area contributed by atoms with Gasteiger partial charge in [0, 0.05) is 30.0 Å². The molecule has 0 saturated heterocycles. The van der Waals surface area contributed by atoms with Gasteiger partial charge in [0.05, 0.1) is 0 Å². The molecular weight excluding hydrogens is 220 g/mol. The van der Waals surface area contributed by atoms with E-state index in [-0.39, 0.29) is 6.04 Å². The lowest BCUT2D eigenvalue weighted by molar-refractivity contribution is 0.404. The van der Waals surface area contributed by atoms with E-state index in [4.69, 9.17) is 5.73 Å². The molecule has 1 fully saturated rings. The maximum absolute atomic E-state index is 6.09.